The third-order valence-electron chi connectivity index (χ3n) is 4.37. The second kappa shape index (κ2) is 4.19. The molecule has 0 aromatic carbocycles. The van der Waals surface area contributed by atoms with Gasteiger partial charge in [-0.25, -0.2) is 4.79 Å². The minimum Gasteiger partial charge on any atom is -0.331 e. The monoisotopic (exact) mass is 325 g/mol. The van der Waals surface area contributed by atoms with Crippen LogP contribution in [-0.4, -0.2) is 11.0 Å². The fourth-order valence-corrected chi connectivity index (χ4v) is 3.48. The van der Waals surface area contributed by atoms with Crippen molar-refractivity contribution in [3.05, 3.63) is 78.0 Å². The van der Waals surface area contributed by atoms with E-state index >= 15 is 0 Å². The number of hydrogen-bond donors (Lipinski definition) is 0. The molecule has 3 aromatic rings. The Morgan fingerprint density at radius 1 is 1.00 bits per heavy atom. The van der Waals surface area contributed by atoms with E-state index < -0.39 is 23.7 Å². The maximum Gasteiger partial charge on any atom is 0.558 e. The topological polar surface area (TPSA) is 47.0 Å². The van der Waals surface area contributed by atoms with Gasteiger partial charge in [0, 0.05) is 30.3 Å². The lowest BCUT2D eigenvalue weighted by Gasteiger charge is -2.12. The molecule has 0 radical (unpaired) electrons. The van der Waals surface area contributed by atoms with E-state index in [9.17, 15) is 13.6 Å². The van der Waals surface area contributed by atoms with E-state index in [1.54, 1.807) is 57.9 Å². The molecule has 116 valence electrons. The number of fused-ring (bicyclic) bond motifs is 7. The molecule has 1 spiro atoms. The SMILES string of the molecule is O=C1O[C@]2(c3cc(F)nc(F)c3-c3cccc[n+]32)[n+]2ccccc21. The molecule has 2 aliphatic rings. The summed E-state index contributed by atoms with van der Waals surface area (Å²) in [5.41, 5.74) is 1.07. The third-order valence-corrected chi connectivity index (χ3v) is 4.37. The molecule has 0 fully saturated rings. The van der Waals surface area contributed by atoms with Gasteiger partial charge in [0.2, 0.25) is 17.6 Å². The van der Waals surface area contributed by atoms with E-state index in [-0.39, 0.29) is 11.1 Å². The van der Waals surface area contributed by atoms with Gasteiger partial charge in [-0.1, -0.05) is 9.13 Å². The second-order valence-corrected chi connectivity index (χ2v) is 5.57. The zero-order valence-electron chi connectivity index (χ0n) is 12.1. The first-order chi connectivity index (χ1) is 11.6. The molecule has 5 heterocycles. The van der Waals surface area contributed by atoms with Crippen LogP contribution in [0.3, 0.4) is 0 Å². The van der Waals surface area contributed by atoms with Crippen molar-refractivity contribution in [2.24, 2.45) is 0 Å². The molecule has 0 unspecified atom stereocenters. The molecule has 0 aliphatic carbocycles. The number of hydrogen-bond acceptors (Lipinski definition) is 3. The molecule has 5 nitrogen and oxygen atoms in total. The number of carbonyl (C=O) groups excluding carboxylic acids is 1. The Labute approximate surface area is 134 Å². The van der Waals surface area contributed by atoms with Gasteiger partial charge >= 0.3 is 17.5 Å². The summed E-state index contributed by atoms with van der Waals surface area (Å²) in [6, 6.07) is 11.3. The fraction of sp³-hybridized carbons (Fsp3) is 0.0588. The molecule has 0 N–H and O–H groups in total. The van der Waals surface area contributed by atoms with Gasteiger partial charge in [0.1, 0.15) is 5.56 Å². The predicted octanol–water partition coefficient (Wildman–Crippen LogP) is 1.29. The molecule has 2 aliphatic heterocycles. The van der Waals surface area contributed by atoms with Crippen LogP contribution >= 0.6 is 0 Å². The number of rotatable bonds is 0. The normalized spacial score (nSPS) is 19.8. The smallest absolute Gasteiger partial charge is 0.331 e. The summed E-state index contributed by atoms with van der Waals surface area (Å²) in [6.07, 6.45) is 3.31. The lowest BCUT2D eigenvalue weighted by Crippen LogP contribution is -2.71. The largest absolute Gasteiger partial charge is 0.558 e. The Bertz CT molecular complexity index is 1050. The van der Waals surface area contributed by atoms with Gasteiger partial charge in [-0.3, -0.25) is 0 Å². The summed E-state index contributed by atoms with van der Waals surface area (Å²) >= 11 is 0. The fourth-order valence-electron chi connectivity index (χ4n) is 3.48. The van der Waals surface area contributed by atoms with Crippen molar-refractivity contribution < 1.29 is 27.4 Å². The number of esters is 1. The van der Waals surface area contributed by atoms with E-state index in [1.165, 1.54) is 0 Å². The van der Waals surface area contributed by atoms with Crippen LogP contribution in [-0.2, 0) is 10.6 Å². The van der Waals surface area contributed by atoms with E-state index in [0.29, 0.717) is 11.4 Å². The molecule has 5 rings (SSSR count). The molecule has 1 atom stereocenters. The van der Waals surface area contributed by atoms with Crippen molar-refractivity contribution in [1.82, 2.24) is 4.98 Å². The predicted molar refractivity (Wildman–Crippen MR) is 74.3 cm³/mol. The first kappa shape index (κ1) is 13.2. The van der Waals surface area contributed by atoms with Crippen molar-refractivity contribution >= 4 is 5.97 Å². The Hall–Kier alpha value is -3.22. The van der Waals surface area contributed by atoms with Gasteiger partial charge < -0.3 is 4.74 Å². The van der Waals surface area contributed by atoms with Gasteiger partial charge in [0.05, 0.1) is 0 Å². The summed E-state index contributed by atoms with van der Waals surface area (Å²) in [4.78, 5) is 15.6. The lowest BCUT2D eigenvalue weighted by atomic mass is 10.1. The van der Waals surface area contributed by atoms with Gasteiger partial charge in [0.25, 0.3) is 0 Å². The number of ether oxygens (including phenoxy) is 1. The van der Waals surface area contributed by atoms with E-state index in [1.807, 2.05) is 0 Å². The molecule has 3 aromatic heterocycles. The molecule has 7 heteroatoms. The van der Waals surface area contributed by atoms with Gasteiger partial charge in [-0.2, -0.15) is 13.8 Å². The van der Waals surface area contributed by atoms with Crippen molar-refractivity contribution in [1.29, 1.82) is 0 Å². The third kappa shape index (κ3) is 1.37. The zero-order chi connectivity index (χ0) is 16.5. The molecule has 0 saturated carbocycles. The summed E-state index contributed by atoms with van der Waals surface area (Å²) in [5.74, 6) is -3.98. The summed E-state index contributed by atoms with van der Waals surface area (Å²) < 4.78 is 37.1. The quantitative estimate of drug-likeness (QED) is 0.355. The molecular formula is C17H9F2N3O2+2. The second-order valence-electron chi connectivity index (χ2n) is 5.57. The van der Waals surface area contributed by atoms with E-state index in [2.05, 4.69) is 4.98 Å². The number of carbonyl (C=O) groups is 1. The molecule has 24 heavy (non-hydrogen) atoms. The van der Waals surface area contributed by atoms with Crippen LogP contribution in [0.5, 0.6) is 0 Å². The van der Waals surface area contributed by atoms with Crippen LogP contribution in [0.15, 0.2) is 54.9 Å². The standard InChI is InChI=1S/C17H9F2N3O2/c18-13-9-10-14(15(19)20-13)11-5-1-3-7-21(11)17(10)22-8-4-2-6-12(22)16(23)24-17/h1-9H/q+2/t17-/m0/s1. The highest BCUT2D eigenvalue weighted by Crippen LogP contribution is 2.40. The Balaban J connectivity index is 1.98. The summed E-state index contributed by atoms with van der Waals surface area (Å²) in [7, 11) is 0. The Morgan fingerprint density at radius 3 is 2.42 bits per heavy atom. The van der Waals surface area contributed by atoms with Crippen LogP contribution < -0.4 is 9.13 Å². The molecule has 0 saturated heterocycles. The van der Waals surface area contributed by atoms with Crippen molar-refractivity contribution in [2.75, 3.05) is 0 Å². The number of halogens is 2. The minimum absolute atomic E-state index is 0.119. The highest BCUT2D eigenvalue weighted by Gasteiger charge is 2.70. The van der Waals surface area contributed by atoms with Crippen molar-refractivity contribution in [3.63, 3.8) is 0 Å². The lowest BCUT2D eigenvalue weighted by molar-refractivity contribution is -1.00. The highest BCUT2D eigenvalue weighted by molar-refractivity contribution is 5.87. The molecular weight excluding hydrogens is 316 g/mol. The van der Waals surface area contributed by atoms with Gasteiger partial charge in [-0.05, 0) is 12.1 Å². The Morgan fingerprint density at radius 2 is 1.67 bits per heavy atom. The van der Waals surface area contributed by atoms with Crippen LogP contribution in [0.4, 0.5) is 8.78 Å². The van der Waals surface area contributed by atoms with Crippen molar-refractivity contribution in [3.8, 4) is 11.3 Å². The van der Waals surface area contributed by atoms with E-state index in [0.717, 1.165) is 6.07 Å². The van der Waals surface area contributed by atoms with Gasteiger partial charge in [-0.15, -0.1) is 0 Å². The summed E-state index contributed by atoms with van der Waals surface area (Å²) in [6.45, 7) is 0. The minimum atomic E-state index is -1.50. The number of aromatic nitrogens is 3. The number of pyridine rings is 3. The van der Waals surface area contributed by atoms with Crippen LogP contribution in [0, 0.1) is 11.9 Å². The maximum absolute atomic E-state index is 14.4. The van der Waals surface area contributed by atoms with Crippen LogP contribution in [0.25, 0.3) is 11.3 Å². The Kier molecular flexibility index (Phi) is 2.31. The zero-order valence-corrected chi connectivity index (χ0v) is 12.1. The van der Waals surface area contributed by atoms with Gasteiger partial charge in [0.15, 0.2) is 18.0 Å². The van der Waals surface area contributed by atoms with Crippen LogP contribution in [0.2, 0.25) is 0 Å². The first-order valence-corrected chi connectivity index (χ1v) is 7.25. The maximum atomic E-state index is 14.4. The summed E-state index contributed by atoms with van der Waals surface area (Å²) in [5, 5.41) is 0. The average molecular weight is 325 g/mol. The highest BCUT2D eigenvalue weighted by atomic mass is 19.1. The molecule has 0 amide bonds. The first-order valence-electron chi connectivity index (χ1n) is 7.25. The molecule has 0 bridgehead atoms. The average Bonchev–Trinajstić information content (AvgIpc) is 3.03. The van der Waals surface area contributed by atoms with Crippen LogP contribution in [0.1, 0.15) is 16.1 Å². The number of nitrogens with zero attached hydrogens (tertiary/aromatic N) is 3. The van der Waals surface area contributed by atoms with Crippen molar-refractivity contribution in [2.45, 2.75) is 5.85 Å². The van der Waals surface area contributed by atoms with E-state index in [4.69, 9.17) is 4.74 Å².